The molecule has 2 aromatic rings. The number of nitrogens with zero attached hydrogens (tertiary/aromatic N) is 1. The number of ether oxygens (including phenoxy) is 2. The molecular weight excluding hydrogens is 316 g/mol. The van der Waals surface area contributed by atoms with Crippen molar-refractivity contribution in [2.24, 2.45) is 0 Å². The Morgan fingerprint density at radius 3 is 2.36 bits per heavy atom. The van der Waals surface area contributed by atoms with Crippen molar-refractivity contribution in [2.75, 3.05) is 32.6 Å². The predicted octanol–water partition coefficient (Wildman–Crippen LogP) is 3.01. The van der Waals surface area contributed by atoms with E-state index < -0.39 is 0 Å². The molecule has 5 heteroatoms. The van der Waals surface area contributed by atoms with Crippen LogP contribution in [-0.2, 0) is 17.8 Å². The Bertz CT molecular complexity index is 756. The van der Waals surface area contributed by atoms with Crippen LogP contribution in [0.1, 0.15) is 16.7 Å². The van der Waals surface area contributed by atoms with Gasteiger partial charge in [0.2, 0.25) is 5.91 Å². The number of methoxy groups -OCH3 is 2. The number of carbonyl (C=O) groups is 1. The van der Waals surface area contributed by atoms with E-state index in [2.05, 4.69) is 5.32 Å². The molecule has 0 radical (unpaired) electrons. The number of carbonyl (C=O) groups excluding carboxylic acids is 1. The van der Waals surface area contributed by atoms with Gasteiger partial charge in [-0.1, -0.05) is 17.7 Å². The van der Waals surface area contributed by atoms with Crippen LogP contribution in [-0.4, -0.2) is 38.1 Å². The van der Waals surface area contributed by atoms with Gasteiger partial charge in [-0.3, -0.25) is 4.79 Å². The molecule has 25 heavy (non-hydrogen) atoms. The fourth-order valence-electron chi connectivity index (χ4n) is 3.06. The van der Waals surface area contributed by atoms with Crippen molar-refractivity contribution in [1.29, 1.82) is 0 Å². The quantitative estimate of drug-likeness (QED) is 0.909. The summed E-state index contributed by atoms with van der Waals surface area (Å²) in [6, 6.07) is 12.0. The lowest BCUT2D eigenvalue weighted by Gasteiger charge is -2.30. The van der Waals surface area contributed by atoms with Gasteiger partial charge in [-0.15, -0.1) is 0 Å². The monoisotopic (exact) mass is 340 g/mol. The van der Waals surface area contributed by atoms with Gasteiger partial charge in [0.1, 0.15) is 0 Å². The molecule has 0 unspecified atom stereocenters. The van der Waals surface area contributed by atoms with Crippen molar-refractivity contribution < 1.29 is 14.3 Å². The molecule has 132 valence electrons. The maximum absolute atomic E-state index is 12.5. The second-order valence-corrected chi connectivity index (χ2v) is 6.26. The van der Waals surface area contributed by atoms with Gasteiger partial charge >= 0.3 is 0 Å². The molecule has 2 aromatic carbocycles. The van der Waals surface area contributed by atoms with Gasteiger partial charge < -0.3 is 19.7 Å². The van der Waals surface area contributed by atoms with E-state index in [0.717, 1.165) is 30.0 Å². The van der Waals surface area contributed by atoms with E-state index >= 15 is 0 Å². The predicted molar refractivity (Wildman–Crippen MR) is 98.3 cm³/mol. The summed E-state index contributed by atoms with van der Waals surface area (Å²) in [5, 5.41) is 3.20. The Morgan fingerprint density at radius 1 is 1.08 bits per heavy atom. The summed E-state index contributed by atoms with van der Waals surface area (Å²) in [4.78, 5) is 14.4. The molecule has 1 aliphatic heterocycles. The Balaban J connectivity index is 1.65. The lowest BCUT2D eigenvalue weighted by atomic mass is 9.98. The third-order valence-electron chi connectivity index (χ3n) is 4.57. The Hall–Kier alpha value is -2.69. The number of benzene rings is 2. The molecule has 0 aliphatic carbocycles. The van der Waals surface area contributed by atoms with Crippen molar-refractivity contribution in [1.82, 2.24) is 4.90 Å². The van der Waals surface area contributed by atoms with Gasteiger partial charge in [-0.25, -0.2) is 0 Å². The van der Waals surface area contributed by atoms with Crippen molar-refractivity contribution >= 4 is 11.6 Å². The van der Waals surface area contributed by atoms with E-state index in [-0.39, 0.29) is 5.91 Å². The first-order valence-corrected chi connectivity index (χ1v) is 8.43. The van der Waals surface area contributed by atoms with Crippen LogP contribution in [0.25, 0.3) is 0 Å². The molecule has 0 saturated carbocycles. The highest BCUT2D eigenvalue weighted by molar-refractivity contribution is 5.81. The first-order valence-electron chi connectivity index (χ1n) is 8.43. The lowest BCUT2D eigenvalue weighted by molar-refractivity contribution is -0.130. The Kier molecular flexibility index (Phi) is 5.12. The highest BCUT2D eigenvalue weighted by Gasteiger charge is 2.22. The minimum atomic E-state index is 0.0982. The first kappa shape index (κ1) is 17.1. The van der Waals surface area contributed by atoms with Crippen LogP contribution in [0.3, 0.4) is 0 Å². The zero-order valence-corrected chi connectivity index (χ0v) is 15.0. The lowest BCUT2D eigenvalue weighted by Crippen LogP contribution is -2.39. The van der Waals surface area contributed by atoms with Gasteiger partial charge in [0.25, 0.3) is 0 Å². The van der Waals surface area contributed by atoms with E-state index in [0.29, 0.717) is 18.8 Å². The molecule has 5 nitrogen and oxygen atoms in total. The van der Waals surface area contributed by atoms with E-state index in [4.69, 9.17) is 9.47 Å². The van der Waals surface area contributed by atoms with Crippen molar-refractivity contribution in [3.8, 4) is 11.5 Å². The minimum Gasteiger partial charge on any atom is -0.493 e. The number of nitrogens with one attached hydrogen (secondary N) is 1. The molecule has 1 N–H and O–H groups in total. The number of hydrogen-bond acceptors (Lipinski definition) is 4. The van der Waals surface area contributed by atoms with Gasteiger partial charge in [-0.2, -0.15) is 0 Å². The average molecular weight is 340 g/mol. The summed E-state index contributed by atoms with van der Waals surface area (Å²) in [7, 11) is 3.27. The van der Waals surface area contributed by atoms with E-state index in [1.165, 1.54) is 11.1 Å². The van der Waals surface area contributed by atoms with Crippen molar-refractivity contribution in [3.63, 3.8) is 0 Å². The summed E-state index contributed by atoms with van der Waals surface area (Å²) >= 11 is 0. The fourth-order valence-corrected chi connectivity index (χ4v) is 3.06. The molecule has 0 spiro atoms. The molecule has 0 bridgehead atoms. The number of amides is 1. The normalized spacial score (nSPS) is 13.2. The highest BCUT2D eigenvalue weighted by atomic mass is 16.5. The smallest absolute Gasteiger partial charge is 0.242 e. The van der Waals surface area contributed by atoms with E-state index in [9.17, 15) is 4.79 Å². The van der Waals surface area contributed by atoms with Gasteiger partial charge in [-0.05, 0) is 48.7 Å². The molecule has 0 atom stereocenters. The SMILES string of the molecule is COc1cc2c(cc1OC)CN(C(=O)CNc1ccc(C)cc1)CC2. The second kappa shape index (κ2) is 7.47. The zero-order valence-electron chi connectivity index (χ0n) is 15.0. The van der Waals surface area contributed by atoms with Crippen LogP contribution < -0.4 is 14.8 Å². The standard InChI is InChI=1S/C20H24N2O3/c1-14-4-6-17(7-5-14)21-12-20(23)22-9-8-15-10-18(24-2)19(25-3)11-16(15)13-22/h4-7,10-11,21H,8-9,12-13H2,1-3H3. The number of aryl methyl sites for hydroxylation is 1. The number of rotatable bonds is 5. The Morgan fingerprint density at radius 2 is 1.72 bits per heavy atom. The van der Waals surface area contributed by atoms with Crippen LogP contribution in [0.2, 0.25) is 0 Å². The second-order valence-electron chi connectivity index (χ2n) is 6.26. The van der Waals surface area contributed by atoms with Gasteiger partial charge in [0, 0.05) is 18.8 Å². The highest BCUT2D eigenvalue weighted by Crippen LogP contribution is 2.33. The van der Waals surface area contributed by atoms with E-state index in [1.807, 2.05) is 48.2 Å². The molecule has 0 fully saturated rings. The number of anilines is 1. The topological polar surface area (TPSA) is 50.8 Å². The number of hydrogen-bond donors (Lipinski definition) is 1. The van der Waals surface area contributed by atoms with Crippen LogP contribution in [0, 0.1) is 6.92 Å². The molecule has 1 amide bonds. The number of fused-ring (bicyclic) bond motifs is 1. The molecule has 1 heterocycles. The summed E-state index contributed by atoms with van der Waals surface area (Å²) in [6.07, 6.45) is 0.825. The summed E-state index contributed by atoms with van der Waals surface area (Å²) in [5.74, 6) is 1.54. The van der Waals surface area contributed by atoms with Gasteiger partial charge in [0.15, 0.2) is 11.5 Å². The first-order chi connectivity index (χ1) is 12.1. The van der Waals surface area contributed by atoms with E-state index in [1.54, 1.807) is 14.2 Å². The molecule has 0 saturated heterocycles. The average Bonchev–Trinajstić information content (AvgIpc) is 2.65. The third kappa shape index (κ3) is 3.87. The zero-order chi connectivity index (χ0) is 17.8. The molecular formula is C20H24N2O3. The molecule has 0 aromatic heterocycles. The maximum atomic E-state index is 12.5. The largest absolute Gasteiger partial charge is 0.493 e. The van der Waals surface area contributed by atoms with Gasteiger partial charge in [0.05, 0.1) is 20.8 Å². The van der Waals surface area contributed by atoms with Crippen molar-refractivity contribution in [2.45, 2.75) is 19.9 Å². The van der Waals surface area contributed by atoms with Crippen LogP contribution in [0.5, 0.6) is 11.5 Å². The minimum absolute atomic E-state index is 0.0982. The third-order valence-corrected chi connectivity index (χ3v) is 4.57. The van der Waals surface area contributed by atoms with Crippen LogP contribution in [0.15, 0.2) is 36.4 Å². The molecule has 1 aliphatic rings. The van der Waals surface area contributed by atoms with Crippen LogP contribution >= 0.6 is 0 Å². The Labute approximate surface area is 148 Å². The summed E-state index contributed by atoms with van der Waals surface area (Å²) in [6.45, 7) is 3.66. The summed E-state index contributed by atoms with van der Waals surface area (Å²) in [5.41, 5.74) is 4.50. The fraction of sp³-hybridized carbons (Fsp3) is 0.350. The van der Waals surface area contributed by atoms with Crippen molar-refractivity contribution in [3.05, 3.63) is 53.1 Å². The van der Waals surface area contributed by atoms with Crippen LogP contribution in [0.4, 0.5) is 5.69 Å². The molecule has 3 rings (SSSR count). The maximum Gasteiger partial charge on any atom is 0.242 e. The summed E-state index contributed by atoms with van der Waals surface area (Å²) < 4.78 is 10.7.